The summed E-state index contributed by atoms with van der Waals surface area (Å²) >= 11 is 0. The Hall–Kier alpha value is -2.89. The average molecular weight is 532 g/mol. The summed E-state index contributed by atoms with van der Waals surface area (Å²) in [6.07, 6.45) is 1.09. The molecule has 1 aliphatic rings. The lowest BCUT2D eigenvalue weighted by molar-refractivity contribution is 0.00578. The van der Waals surface area contributed by atoms with Gasteiger partial charge in [-0.15, -0.1) is 0 Å². The first-order valence-electron chi connectivity index (χ1n) is 12.0. The normalized spacial score (nSPS) is 16.3. The van der Waals surface area contributed by atoms with E-state index in [0.29, 0.717) is 22.1 Å². The van der Waals surface area contributed by atoms with Crippen LogP contribution in [0.25, 0.3) is 22.3 Å². The molecule has 1 fully saturated rings. The van der Waals surface area contributed by atoms with Crippen molar-refractivity contribution in [2.45, 2.75) is 52.7 Å². The van der Waals surface area contributed by atoms with Crippen LogP contribution in [0.3, 0.4) is 0 Å². The van der Waals surface area contributed by atoms with E-state index in [0.717, 1.165) is 10.6 Å². The van der Waals surface area contributed by atoms with Crippen LogP contribution >= 0.6 is 0 Å². The quantitative estimate of drug-likeness (QED) is 0.492. The molecule has 37 heavy (non-hydrogen) atoms. The van der Waals surface area contributed by atoms with Gasteiger partial charge in [0.05, 0.1) is 28.7 Å². The number of fused-ring (bicyclic) bond motifs is 1. The number of carbonyl (C=O) groups is 1. The molecule has 1 amide bonds. The molecule has 1 N–H and O–H groups in total. The molecule has 1 aromatic heterocycles. The lowest BCUT2D eigenvalue weighted by Gasteiger charge is -2.32. The Balaban J connectivity index is 0.00000186. The monoisotopic (exact) mass is 532 g/mol. The molecule has 3 aromatic rings. The van der Waals surface area contributed by atoms with Crippen molar-refractivity contribution < 1.29 is 31.3 Å². The molecule has 200 valence electrons. The smallest absolute Gasteiger partial charge is 0.455 e. The fourth-order valence-corrected chi connectivity index (χ4v) is 4.43. The van der Waals surface area contributed by atoms with E-state index < -0.39 is 40.1 Å². The maximum Gasteiger partial charge on any atom is 0.497 e. The van der Waals surface area contributed by atoms with Crippen LogP contribution in [0, 0.1) is 5.82 Å². The Morgan fingerprint density at radius 1 is 1.03 bits per heavy atom. The largest absolute Gasteiger partial charge is 0.497 e. The minimum atomic E-state index is -3.66. The van der Waals surface area contributed by atoms with Crippen molar-refractivity contribution in [1.82, 2.24) is 5.32 Å². The van der Waals surface area contributed by atoms with Crippen molar-refractivity contribution in [2.24, 2.45) is 0 Å². The second kappa shape index (κ2) is 10.1. The summed E-state index contributed by atoms with van der Waals surface area (Å²) in [5.41, 5.74) is 0.396. The van der Waals surface area contributed by atoms with Gasteiger partial charge in [-0.25, -0.2) is 12.8 Å². The highest BCUT2D eigenvalue weighted by molar-refractivity contribution is 7.92. The molecular formula is C26H34BFN2O6S. The molecule has 2 aromatic carbocycles. The third kappa shape index (κ3) is 5.25. The Bertz CT molecular complexity index is 1400. The van der Waals surface area contributed by atoms with Gasteiger partial charge >= 0.3 is 7.12 Å². The predicted octanol–water partition coefficient (Wildman–Crippen LogP) is 4.32. The third-order valence-electron chi connectivity index (χ3n) is 6.74. The van der Waals surface area contributed by atoms with E-state index in [1.54, 1.807) is 12.1 Å². The fourth-order valence-electron chi connectivity index (χ4n) is 3.91. The fraction of sp³-hybridized carbons (Fsp3) is 0.423. The molecule has 8 nitrogen and oxygen atoms in total. The SMILES string of the molecule is CC.CNC(=O)c1c(-c2ccc(F)cc2)oc2cc(N(C)S(C)(=O)=O)c(B3OC(C)(C)C(C)(C)O3)cc12. The summed E-state index contributed by atoms with van der Waals surface area (Å²) in [5, 5.41) is 3.06. The summed E-state index contributed by atoms with van der Waals surface area (Å²) in [6, 6.07) is 8.78. The standard InChI is InChI=1S/C24H28BFN2O6S.C2H6/c1-23(2)24(3,4)34-25(33-23)17-12-16-19(13-18(17)28(6)35(7,30)31)32-21(20(16)22(29)27-5)14-8-10-15(26)11-9-14;1-2/h8-13H,1-7H3,(H,27,29);1-2H3. The van der Waals surface area contributed by atoms with Crippen molar-refractivity contribution in [3.05, 3.63) is 47.8 Å². The number of carbonyl (C=O) groups excluding carboxylic acids is 1. The zero-order chi connectivity index (χ0) is 27.9. The molecule has 0 spiro atoms. The van der Waals surface area contributed by atoms with E-state index >= 15 is 0 Å². The Labute approximate surface area is 218 Å². The Morgan fingerprint density at radius 2 is 1.57 bits per heavy atom. The van der Waals surface area contributed by atoms with Gasteiger partial charge in [0, 0.05) is 36.6 Å². The van der Waals surface area contributed by atoms with Crippen LogP contribution in [-0.2, 0) is 19.3 Å². The van der Waals surface area contributed by atoms with Crippen molar-refractivity contribution in [1.29, 1.82) is 0 Å². The van der Waals surface area contributed by atoms with Gasteiger partial charge in [0.25, 0.3) is 5.91 Å². The molecule has 0 unspecified atom stereocenters. The molecule has 4 rings (SSSR count). The Kier molecular flexibility index (Phi) is 7.84. The summed E-state index contributed by atoms with van der Waals surface area (Å²) in [6.45, 7) is 11.6. The first-order valence-corrected chi connectivity index (χ1v) is 13.9. The molecule has 0 atom stereocenters. The number of hydrogen-bond acceptors (Lipinski definition) is 6. The van der Waals surface area contributed by atoms with Gasteiger partial charge in [-0.05, 0) is 58.0 Å². The van der Waals surface area contributed by atoms with Crippen molar-refractivity contribution in [2.75, 3.05) is 24.7 Å². The maximum absolute atomic E-state index is 13.5. The molecule has 1 aliphatic heterocycles. The highest BCUT2D eigenvalue weighted by Gasteiger charge is 2.52. The van der Waals surface area contributed by atoms with Crippen molar-refractivity contribution >= 4 is 45.2 Å². The van der Waals surface area contributed by atoms with Gasteiger partial charge < -0.3 is 19.0 Å². The number of hydrogen-bond donors (Lipinski definition) is 1. The first-order chi connectivity index (χ1) is 17.2. The number of halogens is 1. The number of furan rings is 1. The Morgan fingerprint density at radius 3 is 2.05 bits per heavy atom. The topological polar surface area (TPSA) is 98.1 Å². The van der Waals surface area contributed by atoms with E-state index in [1.165, 1.54) is 38.4 Å². The van der Waals surface area contributed by atoms with Gasteiger partial charge in [-0.3, -0.25) is 9.10 Å². The van der Waals surface area contributed by atoms with Crippen molar-refractivity contribution in [3.63, 3.8) is 0 Å². The van der Waals surface area contributed by atoms with Gasteiger partial charge in [-0.1, -0.05) is 13.8 Å². The second-order valence-corrected chi connectivity index (χ2v) is 11.6. The van der Waals surface area contributed by atoms with E-state index in [1.807, 2.05) is 41.5 Å². The molecule has 11 heteroatoms. The first kappa shape index (κ1) is 28.7. The number of amides is 1. The summed E-state index contributed by atoms with van der Waals surface area (Å²) < 4.78 is 58.1. The molecule has 0 radical (unpaired) electrons. The van der Waals surface area contributed by atoms with E-state index in [9.17, 15) is 17.6 Å². The van der Waals surface area contributed by atoms with Gasteiger partial charge in [0.1, 0.15) is 17.2 Å². The van der Waals surface area contributed by atoms with Gasteiger partial charge in [0.2, 0.25) is 10.0 Å². The summed E-state index contributed by atoms with van der Waals surface area (Å²) in [5.74, 6) is -0.600. The zero-order valence-electron chi connectivity index (χ0n) is 22.7. The lowest BCUT2D eigenvalue weighted by atomic mass is 9.77. The molecule has 2 heterocycles. The number of rotatable bonds is 5. The number of nitrogens with one attached hydrogen (secondary N) is 1. The maximum atomic E-state index is 13.5. The van der Waals surface area contributed by atoms with E-state index in [4.69, 9.17) is 13.7 Å². The van der Waals surface area contributed by atoms with Gasteiger partial charge in [0.15, 0.2) is 0 Å². The zero-order valence-corrected chi connectivity index (χ0v) is 23.5. The highest BCUT2D eigenvalue weighted by Crippen LogP contribution is 2.40. The molecular weight excluding hydrogens is 498 g/mol. The minimum Gasteiger partial charge on any atom is -0.455 e. The minimum absolute atomic E-state index is 0.235. The van der Waals surface area contributed by atoms with E-state index in [-0.39, 0.29) is 16.9 Å². The number of anilines is 1. The van der Waals surface area contributed by atoms with Crippen LogP contribution in [-0.4, -0.2) is 53.0 Å². The van der Waals surface area contributed by atoms with Crippen LogP contribution in [0.2, 0.25) is 0 Å². The number of sulfonamides is 1. The number of nitrogens with zero attached hydrogens (tertiary/aromatic N) is 1. The van der Waals surface area contributed by atoms with Crippen LogP contribution in [0.5, 0.6) is 0 Å². The van der Waals surface area contributed by atoms with Gasteiger partial charge in [-0.2, -0.15) is 0 Å². The van der Waals surface area contributed by atoms with Crippen LogP contribution in [0.15, 0.2) is 40.8 Å². The summed E-state index contributed by atoms with van der Waals surface area (Å²) in [4.78, 5) is 13.0. The van der Waals surface area contributed by atoms with E-state index in [2.05, 4.69) is 5.32 Å². The van der Waals surface area contributed by atoms with Crippen molar-refractivity contribution in [3.8, 4) is 11.3 Å². The lowest BCUT2D eigenvalue weighted by Crippen LogP contribution is -2.41. The third-order valence-corrected chi connectivity index (χ3v) is 7.93. The molecule has 0 aliphatic carbocycles. The van der Waals surface area contributed by atoms with Crippen LogP contribution < -0.4 is 15.1 Å². The van der Waals surface area contributed by atoms with Crippen LogP contribution in [0.4, 0.5) is 10.1 Å². The molecule has 0 saturated carbocycles. The highest BCUT2D eigenvalue weighted by atomic mass is 32.2. The average Bonchev–Trinajstić information content (AvgIpc) is 3.31. The molecule has 1 saturated heterocycles. The summed E-state index contributed by atoms with van der Waals surface area (Å²) in [7, 11) is -1.63. The number of benzene rings is 2. The predicted molar refractivity (Wildman–Crippen MR) is 145 cm³/mol. The molecule has 0 bridgehead atoms. The second-order valence-electron chi connectivity index (χ2n) is 9.62. The van der Waals surface area contributed by atoms with Crippen LogP contribution in [0.1, 0.15) is 51.9 Å².